The van der Waals surface area contributed by atoms with E-state index in [0.717, 1.165) is 5.76 Å². The molecule has 0 radical (unpaired) electrons. The predicted octanol–water partition coefficient (Wildman–Crippen LogP) is 3.85. The molecule has 0 saturated heterocycles. The molecule has 2 N–H and O–H groups in total. The molecule has 148 valence electrons. The van der Waals surface area contributed by atoms with Crippen molar-refractivity contribution in [2.45, 2.75) is 12.7 Å². The van der Waals surface area contributed by atoms with Gasteiger partial charge in [0.15, 0.2) is 5.75 Å². The second kappa shape index (κ2) is 8.66. The third-order valence-electron chi connectivity index (χ3n) is 4.15. The first-order valence-electron chi connectivity index (χ1n) is 8.53. The monoisotopic (exact) mass is 390 g/mol. The van der Waals surface area contributed by atoms with E-state index in [1.54, 1.807) is 24.5 Å². The van der Waals surface area contributed by atoms with Gasteiger partial charge >= 0.3 is 12.6 Å². The summed E-state index contributed by atoms with van der Waals surface area (Å²) in [6, 6.07) is 9.21. The van der Waals surface area contributed by atoms with Crippen LogP contribution in [0.2, 0.25) is 0 Å². The molecule has 28 heavy (non-hydrogen) atoms. The lowest BCUT2D eigenvalue weighted by Gasteiger charge is -2.22. The van der Waals surface area contributed by atoms with E-state index in [1.165, 1.54) is 18.3 Å². The number of hydrogen-bond acceptors (Lipinski definition) is 5. The summed E-state index contributed by atoms with van der Waals surface area (Å²) in [4.78, 5) is 18.4. The number of anilines is 1. The topological polar surface area (TPSA) is 79.6 Å². The highest BCUT2D eigenvalue weighted by atomic mass is 19.3. The number of furan rings is 1. The summed E-state index contributed by atoms with van der Waals surface area (Å²) < 4.78 is 35.1. The SMILES string of the molecule is CN(C)C(CNC(=O)Nc1ccc(OC(F)F)c2ncccc12)c1ccco1. The number of amides is 2. The highest BCUT2D eigenvalue weighted by Crippen LogP contribution is 2.31. The second-order valence-electron chi connectivity index (χ2n) is 6.22. The fourth-order valence-electron chi connectivity index (χ4n) is 2.82. The van der Waals surface area contributed by atoms with Gasteiger partial charge in [-0.05, 0) is 50.5 Å². The number of likely N-dealkylation sites (N-methyl/N-ethyl adjacent to an activating group) is 1. The van der Waals surface area contributed by atoms with Crippen LogP contribution in [0.1, 0.15) is 11.8 Å². The summed E-state index contributed by atoms with van der Waals surface area (Å²) in [5.41, 5.74) is 0.670. The zero-order valence-electron chi connectivity index (χ0n) is 15.4. The van der Waals surface area contributed by atoms with Gasteiger partial charge in [0.25, 0.3) is 0 Å². The van der Waals surface area contributed by atoms with E-state index in [2.05, 4.69) is 20.4 Å². The van der Waals surface area contributed by atoms with Crippen LogP contribution in [0.5, 0.6) is 5.75 Å². The number of rotatable bonds is 7. The average molecular weight is 390 g/mol. The third kappa shape index (κ3) is 4.55. The van der Waals surface area contributed by atoms with Crippen LogP contribution < -0.4 is 15.4 Å². The number of nitrogens with zero attached hydrogens (tertiary/aromatic N) is 2. The Morgan fingerprint density at radius 3 is 2.75 bits per heavy atom. The maximum Gasteiger partial charge on any atom is 0.387 e. The number of hydrogen-bond donors (Lipinski definition) is 2. The van der Waals surface area contributed by atoms with Gasteiger partial charge in [-0.25, -0.2) is 4.79 Å². The smallest absolute Gasteiger partial charge is 0.387 e. The zero-order valence-corrected chi connectivity index (χ0v) is 15.4. The molecule has 3 rings (SSSR count). The summed E-state index contributed by atoms with van der Waals surface area (Å²) in [7, 11) is 3.77. The van der Waals surface area contributed by atoms with Gasteiger partial charge in [-0.15, -0.1) is 0 Å². The lowest BCUT2D eigenvalue weighted by atomic mass is 10.1. The molecule has 7 nitrogen and oxygen atoms in total. The van der Waals surface area contributed by atoms with Crippen LogP contribution in [0.15, 0.2) is 53.3 Å². The van der Waals surface area contributed by atoms with Gasteiger partial charge in [0.05, 0.1) is 18.0 Å². The van der Waals surface area contributed by atoms with Crippen molar-refractivity contribution in [3.63, 3.8) is 0 Å². The van der Waals surface area contributed by atoms with E-state index in [0.29, 0.717) is 17.6 Å². The van der Waals surface area contributed by atoms with E-state index in [-0.39, 0.29) is 17.3 Å². The molecule has 0 aliphatic carbocycles. The minimum Gasteiger partial charge on any atom is -0.468 e. The van der Waals surface area contributed by atoms with Crippen molar-refractivity contribution in [1.82, 2.24) is 15.2 Å². The first kappa shape index (κ1) is 19.6. The summed E-state index contributed by atoms with van der Waals surface area (Å²) in [5.74, 6) is 0.676. The molecule has 2 aromatic heterocycles. The Morgan fingerprint density at radius 2 is 2.07 bits per heavy atom. The highest BCUT2D eigenvalue weighted by molar-refractivity contribution is 6.02. The molecule has 2 amide bonds. The maximum atomic E-state index is 12.6. The summed E-state index contributed by atoms with van der Waals surface area (Å²) in [5, 5.41) is 6.00. The number of ether oxygens (including phenoxy) is 1. The van der Waals surface area contributed by atoms with Crippen LogP contribution in [0.3, 0.4) is 0 Å². The molecule has 0 fully saturated rings. The number of pyridine rings is 1. The van der Waals surface area contributed by atoms with Crippen molar-refractivity contribution in [3.05, 3.63) is 54.6 Å². The van der Waals surface area contributed by atoms with Crippen LogP contribution in [0, 0.1) is 0 Å². The van der Waals surface area contributed by atoms with Crippen molar-refractivity contribution in [3.8, 4) is 5.75 Å². The lowest BCUT2D eigenvalue weighted by Crippen LogP contribution is -2.36. The first-order chi connectivity index (χ1) is 13.5. The normalized spacial score (nSPS) is 12.4. The molecule has 0 saturated carbocycles. The van der Waals surface area contributed by atoms with Crippen molar-refractivity contribution in [2.24, 2.45) is 0 Å². The van der Waals surface area contributed by atoms with Gasteiger partial charge in [0, 0.05) is 18.1 Å². The lowest BCUT2D eigenvalue weighted by molar-refractivity contribution is -0.0489. The van der Waals surface area contributed by atoms with E-state index < -0.39 is 12.6 Å². The molecule has 0 bridgehead atoms. The minimum atomic E-state index is -2.96. The van der Waals surface area contributed by atoms with E-state index in [1.807, 2.05) is 25.1 Å². The van der Waals surface area contributed by atoms with Gasteiger partial charge in [-0.2, -0.15) is 8.78 Å². The zero-order chi connectivity index (χ0) is 20.1. The maximum absolute atomic E-state index is 12.6. The minimum absolute atomic E-state index is 0.0537. The van der Waals surface area contributed by atoms with Crippen LogP contribution >= 0.6 is 0 Å². The van der Waals surface area contributed by atoms with Gasteiger partial charge in [-0.1, -0.05) is 0 Å². The Balaban J connectivity index is 1.73. The van der Waals surface area contributed by atoms with Gasteiger partial charge in [0.1, 0.15) is 11.3 Å². The average Bonchev–Trinajstić information content (AvgIpc) is 3.17. The standard InChI is InChI=1S/C19H20F2N4O3/c1-25(2)14(15-6-4-10-27-15)11-23-19(26)24-13-7-8-16(28-18(20)21)17-12(13)5-3-9-22-17/h3-10,14,18H,11H2,1-2H3,(H2,23,24,26). The Labute approximate surface area is 160 Å². The quantitative estimate of drug-likeness (QED) is 0.641. The number of aromatic nitrogens is 1. The van der Waals surface area contributed by atoms with E-state index in [9.17, 15) is 13.6 Å². The largest absolute Gasteiger partial charge is 0.468 e. The molecular weight excluding hydrogens is 370 g/mol. The molecule has 3 aromatic rings. The van der Waals surface area contributed by atoms with Gasteiger partial charge < -0.3 is 19.8 Å². The number of carbonyl (C=O) groups excluding carboxylic acids is 1. The Kier molecular flexibility index (Phi) is 6.05. The number of carbonyl (C=O) groups is 1. The number of halogens is 2. The van der Waals surface area contributed by atoms with Gasteiger partial charge in [-0.3, -0.25) is 9.88 Å². The molecule has 9 heteroatoms. The third-order valence-corrected chi connectivity index (χ3v) is 4.15. The Morgan fingerprint density at radius 1 is 1.25 bits per heavy atom. The van der Waals surface area contributed by atoms with Crippen LogP contribution in [0.25, 0.3) is 10.9 Å². The number of urea groups is 1. The Bertz CT molecular complexity index is 932. The number of nitrogens with one attached hydrogen (secondary N) is 2. The van der Waals surface area contributed by atoms with E-state index in [4.69, 9.17) is 4.42 Å². The van der Waals surface area contributed by atoms with Crippen molar-refractivity contribution in [1.29, 1.82) is 0 Å². The fraction of sp³-hybridized carbons (Fsp3) is 0.263. The fourth-order valence-corrected chi connectivity index (χ4v) is 2.82. The second-order valence-corrected chi connectivity index (χ2v) is 6.22. The van der Waals surface area contributed by atoms with Crippen molar-refractivity contribution < 1.29 is 22.7 Å². The molecule has 2 heterocycles. The first-order valence-corrected chi connectivity index (χ1v) is 8.53. The highest BCUT2D eigenvalue weighted by Gasteiger charge is 2.18. The molecular formula is C19H20F2N4O3. The molecule has 1 atom stereocenters. The molecule has 0 spiro atoms. The number of benzene rings is 1. The predicted molar refractivity (Wildman–Crippen MR) is 101 cm³/mol. The van der Waals surface area contributed by atoms with Crippen molar-refractivity contribution in [2.75, 3.05) is 26.0 Å². The van der Waals surface area contributed by atoms with Crippen molar-refractivity contribution >= 4 is 22.6 Å². The molecule has 0 aliphatic rings. The van der Waals surface area contributed by atoms with Crippen LogP contribution in [0.4, 0.5) is 19.3 Å². The number of fused-ring (bicyclic) bond motifs is 1. The Hall–Kier alpha value is -3.20. The molecule has 0 aliphatic heterocycles. The molecule has 1 aromatic carbocycles. The van der Waals surface area contributed by atoms with E-state index >= 15 is 0 Å². The number of alkyl halides is 2. The summed E-state index contributed by atoms with van der Waals surface area (Å²) in [6.45, 7) is -2.65. The van der Waals surface area contributed by atoms with Gasteiger partial charge in [0.2, 0.25) is 0 Å². The van der Waals surface area contributed by atoms with Crippen LogP contribution in [-0.2, 0) is 0 Å². The molecule has 1 unspecified atom stereocenters. The van der Waals surface area contributed by atoms with Crippen LogP contribution in [-0.4, -0.2) is 43.2 Å². The summed E-state index contributed by atoms with van der Waals surface area (Å²) >= 11 is 0. The summed E-state index contributed by atoms with van der Waals surface area (Å²) in [6.07, 6.45) is 3.05.